The molecule has 4 nitrogen and oxygen atoms in total. The number of hydrogen-bond acceptors (Lipinski definition) is 4. The Morgan fingerprint density at radius 1 is 1.29 bits per heavy atom. The van der Waals surface area contributed by atoms with Crippen LogP contribution in [0, 0.1) is 11.9 Å². The van der Waals surface area contributed by atoms with Crippen LogP contribution >= 0.6 is 0 Å². The average molecular weight is 341 g/mol. The number of aromatic nitrogens is 2. The lowest BCUT2D eigenvalue weighted by molar-refractivity contribution is -0.137. The largest absolute Gasteiger partial charge is 0.421 e. The first-order chi connectivity index (χ1) is 11.2. The minimum atomic E-state index is -4.56. The highest BCUT2D eigenvalue weighted by molar-refractivity contribution is 5.61. The first-order valence-electron chi connectivity index (χ1n) is 7.39. The highest BCUT2D eigenvalue weighted by Gasteiger charge is 2.35. The van der Waals surface area contributed by atoms with E-state index in [0.717, 1.165) is 0 Å². The number of halogens is 4. The quantitative estimate of drug-likeness (QED) is 0.772. The number of nitrogens with zero attached hydrogens (tertiary/aromatic N) is 2. The van der Waals surface area contributed by atoms with Crippen molar-refractivity contribution in [1.82, 2.24) is 9.97 Å². The number of alkyl halides is 3. The summed E-state index contributed by atoms with van der Waals surface area (Å²) in [6, 6.07) is 5.42. The van der Waals surface area contributed by atoms with Gasteiger partial charge >= 0.3 is 6.18 Å². The fourth-order valence-corrected chi connectivity index (χ4v) is 2.23. The number of nitrogens with one attached hydrogen (secondary N) is 2. The summed E-state index contributed by atoms with van der Waals surface area (Å²) in [5, 5.41) is 5.35. The zero-order valence-corrected chi connectivity index (χ0v) is 13.4. The lowest BCUT2D eigenvalue weighted by atomic mass is 10.0. The van der Waals surface area contributed by atoms with Crippen LogP contribution in [-0.4, -0.2) is 16.5 Å². The van der Waals surface area contributed by atoms with Gasteiger partial charge in [0.2, 0.25) is 5.95 Å². The van der Waals surface area contributed by atoms with E-state index in [2.05, 4.69) is 26.7 Å². The van der Waals surface area contributed by atoms with E-state index in [0.29, 0.717) is 17.4 Å². The fourth-order valence-electron chi connectivity index (χ4n) is 2.23. The van der Waals surface area contributed by atoms with Crippen molar-refractivity contribution in [2.75, 3.05) is 17.2 Å². The predicted molar refractivity (Wildman–Crippen MR) is 83.8 cm³/mol. The fraction of sp³-hybridized carbons (Fsp3) is 0.375. The lowest BCUT2D eigenvalue weighted by Crippen LogP contribution is -2.14. The van der Waals surface area contributed by atoms with Crippen LogP contribution in [0.25, 0.3) is 0 Å². The topological polar surface area (TPSA) is 49.8 Å². The third-order valence-electron chi connectivity index (χ3n) is 3.25. The molecule has 0 atom stereocenters. The van der Waals surface area contributed by atoms with Crippen LogP contribution < -0.4 is 10.6 Å². The van der Waals surface area contributed by atoms with Crippen LogP contribution in [0.5, 0.6) is 0 Å². The molecule has 0 saturated carbocycles. The molecule has 0 aliphatic rings. The molecule has 1 heterocycles. The molecule has 0 aliphatic carbocycles. The van der Waals surface area contributed by atoms with Crippen molar-refractivity contribution in [2.24, 2.45) is 0 Å². The SMILES string of the molecule is CCNc1nc(Nc2cc[c]c(F)c2C(C)C)ncc1C(F)(F)F. The summed E-state index contributed by atoms with van der Waals surface area (Å²) in [6.07, 6.45) is -3.86. The summed E-state index contributed by atoms with van der Waals surface area (Å²) < 4.78 is 52.8. The molecule has 0 unspecified atom stereocenters. The molecular weight excluding hydrogens is 324 g/mol. The number of hydrogen-bond donors (Lipinski definition) is 2. The monoisotopic (exact) mass is 341 g/mol. The van der Waals surface area contributed by atoms with Gasteiger partial charge in [-0.2, -0.15) is 18.2 Å². The minimum absolute atomic E-state index is 0.0496. The van der Waals surface area contributed by atoms with Gasteiger partial charge in [-0.15, -0.1) is 0 Å². The van der Waals surface area contributed by atoms with Crippen LogP contribution in [0.15, 0.2) is 18.3 Å². The number of rotatable bonds is 5. The van der Waals surface area contributed by atoms with Gasteiger partial charge in [-0.05, 0) is 25.0 Å². The first kappa shape index (κ1) is 18.0. The van der Waals surface area contributed by atoms with E-state index in [-0.39, 0.29) is 24.2 Å². The van der Waals surface area contributed by atoms with Gasteiger partial charge in [-0.25, -0.2) is 9.37 Å². The minimum Gasteiger partial charge on any atom is -0.370 e. The summed E-state index contributed by atoms with van der Waals surface area (Å²) in [5.41, 5.74) is -0.194. The molecule has 1 aromatic carbocycles. The van der Waals surface area contributed by atoms with Crippen molar-refractivity contribution < 1.29 is 17.6 Å². The molecule has 0 amide bonds. The van der Waals surface area contributed by atoms with E-state index in [4.69, 9.17) is 0 Å². The first-order valence-corrected chi connectivity index (χ1v) is 7.39. The Morgan fingerprint density at radius 3 is 2.58 bits per heavy atom. The molecule has 0 aliphatic heterocycles. The molecule has 8 heteroatoms. The maximum Gasteiger partial charge on any atom is 0.421 e. The smallest absolute Gasteiger partial charge is 0.370 e. The van der Waals surface area contributed by atoms with Gasteiger partial charge < -0.3 is 10.6 Å². The second kappa shape index (κ2) is 7.02. The Morgan fingerprint density at radius 2 is 2.00 bits per heavy atom. The molecule has 0 saturated heterocycles. The third-order valence-corrected chi connectivity index (χ3v) is 3.25. The summed E-state index contributed by atoms with van der Waals surface area (Å²) in [5.74, 6) is -1.04. The normalized spacial score (nSPS) is 11.7. The highest BCUT2D eigenvalue weighted by atomic mass is 19.4. The molecule has 0 fully saturated rings. The molecule has 0 bridgehead atoms. The molecule has 1 aromatic heterocycles. The summed E-state index contributed by atoms with van der Waals surface area (Å²) >= 11 is 0. The number of benzene rings is 1. The zero-order chi connectivity index (χ0) is 17.9. The number of anilines is 3. The maximum atomic E-state index is 13.9. The molecule has 1 radical (unpaired) electrons. The highest BCUT2D eigenvalue weighted by Crippen LogP contribution is 2.34. The van der Waals surface area contributed by atoms with Crippen molar-refractivity contribution in [3.8, 4) is 0 Å². The Hall–Kier alpha value is -2.38. The molecule has 129 valence electrons. The molecule has 24 heavy (non-hydrogen) atoms. The van der Waals surface area contributed by atoms with E-state index >= 15 is 0 Å². The summed E-state index contributed by atoms with van der Waals surface area (Å²) in [4.78, 5) is 7.57. The van der Waals surface area contributed by atoms with Gasteiger partial charge in [0, 0.05) is 30.1 Å². The Kier molecular flexibility index (Phi) is 5.26. The van der Waals surface area contributed by atoms with Crippen molar-refractivity contribution in [1.29, 1.82) is 0 Å². The van der Waals surface area contributed by atoms with Crippen molar-refractivity contribution in [3.05, 3.63) is 41.3 Å². The predicted octanol–water partition coefficient (Wildman–Crippen LogP) is 4.73. The van der Waals surface area contributed by atoms with Crippen LogP contribution in [0.2, 0.25) is 0 Å². The Labute approximate surface area is 137 Å². The molecule has 2 N–H and O–H groups in total. The van der Waals surface area contributed by atoms with Gasteiger partial charge in [0.05, 0.1) is 0 Å². The molecular formula is C16H17F4N4. The molecule has 0 spiro atoms. The second-order valence-corrected chi connectivity index (χ2v) is 5.38. The van der Waals surface area contributed by atoms with E-state index < -0.39 is 17.6 Å². The van der Waals surface area contributed by atoms with Gasteiger partial charge in [0.15, 0.2) is 0 Å². The lowest BCUT2D eigenvalue weighted by Gasteiger charge is -2.16. The van der Waals surface area contributed by atoms with Crippen molar-refractivity contribution in [2.45, 2.75) is 32.9 Å². The third kappa shape index (κ3) is 3.93. The van der Waals surface area contributed by atoms with Crippen LogP contribution in [0.4, 0.5) is 35.0 Å². The molecule has 2 rings (SSSR count). The van der Waals surface area contributed by atoms with Crippen LogP contribution in [-0.2, 0) is 6.18 Å². The Balaban J connectivity index is 2.41. The Bertz CT molecular complexity index is 714. The van der Waals surface area contributed by atoms with Gasteiger partial charge in [0.25, 0.3) is 0 Å². The summed E-state index contributed by atoms with van der Waals surface area (Å²) in [6.45, 7) is 5.53. The van der Waals surface area contributed by atoms with Crippen LogP contribution in [0.1, 0.15) is 37.8 Å². The average Bonchev–Trinajstić information content (AvgIpc) is 2.46. The van der Waals surface area contributed by atoms with E-state index in [1.165, 1.54) is 6.07 Å². The van der Waals surface area contributed by atoms with Gasteiger partial charge in [0.1, 0.15) is 17.2 Å². The van der Waals surface area contributed by atoms with E-state index in [9.17, 15) is 17.6 Å². The second-order valence-electron chi connectivity index (χ2n) is 5.38. The van der Waals surface area contributed by atoms with Crippen molar-refractivity contribution >= 4 is 17.5 Å². The standard InChI is InChI=1S/C16H17F4N4/c1-4-21-14-10(16(18,19)20)8-22-15(24-14)23-12-7-5-6-11(17)13(12)9(2)3/h5,7-9H,4H2,1-3H3,(H2,21,22,23,24). The van der Waals surface area contributed by atoms with Crippen molar-refractivity contribution in [3.63, 3.8) is 0 Å². The molecule has 2 aromatic rings. The van der Waals surface area contributed by atoms with Gasteiger partial charge in [-0.3, -0.25) is 0 Å². The van der Waals surface area contributed by atoms with Gasteiger partial charge in [-0.1, -0.05) is 13.8 Å². The van der Waals surface area contributed by atoms with E-state index in [1.54, 1.807) is 26.8 Å². The van der Waals surface area contributed by atoms with E-state index in [1.807, 2.05) is 0 Å². The zero-order valence-electron chi connectivity index (χ0n) is 13.4. The van der Waals surface area contributed by atoms with Crippen LogP contribution in [0.3, 0.4) is 0 Å². The summed E-state index contributed by atoms with van der Waals surface area (Å²) in [7, 11) is 0. The maximum absolute atomic E-state index is 13.9.